The fourth-order valence-corrected chi connectivity index (χ4v) is 3.94. The Morgan fingerprint density at radius 3 is 2.97 bits per heavy atom. The van der Waals surface area contributed by atoms with Crippen LogP contribution < -0.4 is 21.1 Å². The van der Waals surface area contributed by atoms with E-state index in [1.165, 1.54) is 0 Å². The van der Waals surface area contributed by atoms with Crippen molar-refractivity contribution in [2.45, 2.75) is 5.92 Å². The SMILES string of the molecule is COc1ccccc1NC(=O)c1cc(C2CNc3cnc(N)cc32)cc2cn[nH]c12. The third-order valence-electron chi connectivity index (χ3n) is 5.40. The summed E-state index contributed by atoms with van der Waals surface area (Å²) in [6, 6.07) is 13.1. The maximum absolute atomic E-state index is 13.2. The van der Waals surface area contributed by atoms with E-state index in [0.29, 0.717) is 34.9 Å². The number of anilines is 3. The van der Waals surface area contributed by atoms with Crippen LogP contribution in [-0.2, 0) is 0 Å². The summed E-state index contributed by atoms with van der Waals surface area (Å²) in [5, 5.41) is 14.3. The van der Waals surface area contributed by atoms with Crippen molar-refractivity contribution in [1.82, 2.24) is 15.2 Å². The number of carbonyl (C=O) groups excluding carboxylic acids is 1. The second-order valence-corrected chi connectivity index (χ2v) is 7.19. The Balaban J connectivity index is 1.56. The maximum Gasteiger partial charge on any atom is 0.257 e. The van der Waals surface area contributed by atoms with Crippen molar-refractivity contribution in [3.05, 3.63) is 71.5 Å². The summed E-state index contributed by atoms with van der Waals surface area (Å²) >= 11 is 0. The highest BCUT2D eigenvalue weighted by atomic mass is 16.5. The first-order chi connectivity index (χ1) is 14.6. The first-order valence-corrected chi connectivity index (χ1v) is 9.54. The molecule has 3 heterocycles. The molecule has 0 bridgehead atoms. The number of pyridine rings is 1. The molecule has 0 aliphatic carbocycles. The number of hydrogen-bond acceptors (Lipinski definition) is 6. The van der Waals surface area contributed by atoms with Gasteiger partial charge in [-0.1, -0.05) is 12.1 Å². The molecule has 0 saturated carbocycles. The van der Waals surface area contributed by atoms with Gasteiger partial charge in [-0.3, -0.25) is 9.89 Å². The van der Waals surface area contributed by atoms with Gasteiger partial charge in [0.2, 0.25) is 0 Å². The van der Waals surface area contributed by atoms with Crippen molar-refractivity contribution in [1.29, 1.82) is 0 Å². The third kappa shape index (κ3) is 2.98. The number of aromatic amines is 1. The number of aromatic nitrogens is 3. The number of nitrogens with one attached hydrogen (secondary N) is 3. The van der Waals surface area contributed by atoms with Crippen molar-refractivity contribution >= 4 is 34.0 Å². The lowest BCUT2D eigenvalue weighted by Crippen LogP contribution is -2.14. The van der Waals surface area contributed by atoms with Gasteiger partial charge in [0.25, 0.3) is 5.91 Å². The zero-order chi connectivity index (χ0) is 20.7. The molecule has 1 amide bonds. The molecule has 0 fully saturated rings. The molecule has 0 radical (unpaired) electrons. The minimum absolute atomic E-state index is 0.0578. The Bertz CT molecular complexity index is 1270. The van der Waals surface area contributed by atoms with Gasteiger partial charge in [0.15, 0.2) is 0 Å². The number of nitrogen functional groups attached to an aromatic ring is 1. The molecular formula is C22H20N6O2. The van der Waals surface area contributed by atoms with Gasteiger partial charge in [0, 0.05) is 17.8 Å². The number of methoxy groups -OCH3 is 1. The van der Waals surface area contributed by atoms with E-state index in [1.54, 1.807) is 31.6 Å². The number of fused-ring (bicyclic) bond motifs is 2. The molecular weight excluding hydrogens is 380 g/mol. The van der Waals surface area contributed by atoms with Crippen LogP contribution in [0.15, 0.2) is 54.9 Å². The summed E-state index contributed by atoms with van der Waals surface area (Å²) in [4.78, 5) is 17.4. The smallest absolute Gasteiger partial charge is 0.257 e. The number of carbonyl (C=O) groups is 1. The lowest BCUT2D eigenvalue weighted by atomic mass is 9.91. The van der Waals surface area contributed by atoms with E-state index in [4.69, 9.17) is 10.5 Å². The number of para-hydroxylation sites is 2. The summed E-state index contributed by atoms with van der Waals surface area (Å²) in [6.45, 7) is 0.706. The highest BCUT2D eigenvalue weighted by Gasteiger charge is 2.26. The van der Waals surface area contributed by atoms with E-state index in [9.17, 15) is 4.79 Å². The van der Waals surface area contributed by atoms with Gasteiger partial charge < -0.3 is 21.1 Å². The standard InChI is InChI=1S/C22H20N6O2/c1-30-19-5-3-2-4-17(19)27-22(29)15-7-12(6-13-9-26-28-21(13)15)16-10-24-18-11-25-20(23)8-14(16)18/h2-9,11,16,24H,10H2,1H3,(H2,23,25)(H,26,28)(H,27,29). The monoisotopic (exact) mass is 400 g/mol. The third-order valence-corrected chi connectivity index (χ3v) is 5.40. The Morgan fingerprint density at radius 2 is 2.10 bits per heavy atom. The van der Waals surface area contributed by atoms with Crippen molar-refractivity contribution < 1.29 is 9.53 Å². The molecule has 1 aliphatic rings. The minimum atomic E-state index is -0.240. The average Bonchev–Trinajstić information content (AvgIpc) is 3.39. The molecule has 0 saturated heterocycles. The second kappa shape index (κ2) is 7.07. The van der Waals surface area contributed by atoms with E-state index in [2.05, 4.69) is 31.9 Å². The Labute approximate surface area is 172 Å². The molecule has 2 aromatic carbocycles. The van der Waals surface area contributed by atoms with Gasteiger partial charge in [-0.25, -0.2) is 4.98 Å². The summed E-state index contributed by atoms with van der Waals surface area (Å²) < 4.78 is 5.35. The zero-order valence-electron chi connectivity index (χ0n) is 16.3. The van der Waals surface area contributed by atoms with Gasteiger partial charge in [0.1, 0.15) is 11.6 Å². The highest BCUT2D eigenvalue weighted by molar-refractivity contribution is 6.12. The van der Waals surface area contributed by atoms with E-state index >= 15 is 0 Å². The van der Waals surface area contributed by atoms with Crippen LogP contribution in [0.25, 0.3) is 10.9 Å². The summed E-state index contributed by atoms with van der Waals surface area (Å²) in [7, 11) is 1.57. The molecule has 0 spiro atoms. The van der Waals surface area contributed by atoms with Crippen molar-refractivity contribution in [3.8, 4) is 5.75 Å². The fraction of sp³-hybridized carbons (Fsp3) is 0.136. The summed E-state index contributed by atoms with van der Waals surface area (Å²) in [5.41, 5.74) is 10.8. The number of nitrogens with zero attached hydrogens (tertiary/aromatic N) is 2. The first-order valence-electron chi connectivity index (χ1n) is 9.54. The first kappa shape index (κ1) is 18.0. The van der Waals surface area contributed by atoms with E-state index in [1.807, 2.05) is 24.3 Å². The Hall–Kier alpha value is -4.07. The summed E-state index contributed by atoms with van der Waals surface area (Å²) in [5.74, 6) is 0.888. The lowest BCUT2D eigenvalue weighted by Gasteiger charge is -2.15. The van der Waals surface area contributed by atoms with Crippen LogP contribution in [0.4, 0.5) is 17.2 Å². The number of ether oxygens (including phenoxy) is 1. The molecule has 5 N–H and O–H groups in total. The molecule has 150 valence electrons. The van der Waals surface area contributed by atoms with Gasteiger partial charge >= 0.3 is 0 Å². The molecule has 4 aromatic rings. The van der Waals surface area contributed by atoms with Crippen LogP contribution in [0.1, 0.15) is 27.4 Å². The molecule has 5 rings (SSSR count). The molecule has 30 heavy (non-hydrogen) atoms. The van der Waals surface area contributed by atoms with Gasteiger partial charge in [-0.05, 0) is 41.5 Å². The summed E-state index contributed by atoms with van der Waals surface area (Å²) in [6.07, 6.45) is 3.47. The molecule has 2 aromatic heterocycles. The van der Waals surface area contributed by atoms with Crippen LogP contribution in [-0.4, -0.2) is 34.7 Å². The predicted octanol–water partition coefficient (Wildman–Crippen LogP) is 3.36. The van der Waals surface area contributed by atoms with E-state index < -0.39 is 0 Å². The van der Waals surface area contributed by atoms with Crippen LogP contribution in [0.5, 0.6) is 5.75 Å². The lowest BCUT2D eigenvalue weighted by molar-refractivity contribution is 0.102. The van der Waals surface area contributed by atoms with Crippen molar-refractivity contribution in [3.63, 3.8) is 0 Å². The Morgan fingerprint density at radius 1 is 1.23 bits per heavy atom. The zero-order valence-corrected chi connectivity index (χ0v) is 16.3. The minimum Gasteiger partial charge on any atom is -0.495 e. The number of H-pyrrole nitrogens is 1. The number of benzene rings is 2. The number of hydrogen-bond donors (Lipinski definition) is 4. The van der Waals surface area contributed by atoms with Gasteiger partial charge in [-0.15, -0.1) is 0 Å². The Kier molecular flexibility index (Phi) is 4.24. The van der Waals surface area contributed by atoms with Crippen LogP contribution in [0.3, 0.4) is 0 Å². The topological polar surface area (TPSA) is 118 Å². The number of amides is 1. The quantitative estimate of drug-likeness (QED) is 0.417. The van der Waals surface area contributed by atoms with Crippen molar-refractivity contribution in [2.75, 3.05) is 30.0 Å². The van der Waals surface area contributed by atoms with Crippen LogP contribution in [0.2, 0.25) is 0 Å². The van der Waals surface area contributed by atoms with Crippen LogP contribution in [0, 0.1) is 0 Å². The van der Waals surface area contributed by atoms with Crippen molar-refractivity contribution in [2.24, 2.45) is 0 Å². The second-order valence-electron chi connectivity index (χ2n) is 7.19. The molecule has 1 aliphatic heterocycles. The van der Waals surface area contributed by atoms with E-state index in [-0.39, 0.29) is 11.8 Å². The van der Waals surface area contributed by atoms with Gasteiger partial charge in [-0.2, -0.15) is 5.10 Å². The molecule has 1 atom stereocenters. The maximum atomic E-state index is 13.2. The van der Waals surface area contributed by atoms with Crippen LogP contribution >= 0.6 is 0 Å². The molecule has 8 nitrogen and oxygen atoms in total. The number of nitrogens with two attached hydrogens (primary N) is 1. The van der Waals surface area contributed by atoms with E-state index in [0.717, 1.165) is 22.2 Å². The highest BCUT2D eigenvalue weighted by Crippen LogP contribution is 2.38. The fourth-order valence-electron chi connectivity index (χ4n) is 3.94. The average molecular weight is 400 g/mol. The molecule has 8 heteroatoms. The normalized spacial score (nSPS) is 14.9. The molecule has 1 unspecified atom stereocenters. The largest absolute Gasteiger partial charge is 0.495 e. The number of rotatable bonds is 4. The predicted molar refractivity (Wildman–Crippen MR) is 116 cm³/mol. The van der Waals surface area contributed by atoms with Gasteiger partial charge in [0.05, 0.1) is 42.0 Å².